The first-order valence-electron chi connectivity index (χ1n) is 6.86. The molecule has 1 heterocycles. The van der Waals surface area contributed by atoms with Crippen LogP contribution in [0.3, 0.4) is 0 Å². The van der Waals surface area contributed by atoms with Gasteiger partial charge in [-0.2, -0.15) is 8.42 Å². The van der Waals surface area contributed by atoms with Crippen molar-refractivity contribution in [1.29, 1.82) is 0 Å². The molecule has 1 saturated heterocycles. The molecule has 0 atom stereocenters. The van der Waals surface area contributed by atoms with Gasteiger partial charge in [-0.15, -0.1) is 0 Å². The van der Waals surface area contributed by atoms with E-state index in [1.165, 1.54) is 12.1 Å². The van der Waals surface area contributed by atoms with Crippen molar-refractivity contribution in [2.75, 3.05) is 10.8 Å². The zero-order valence-corrected chi connectivity index (χ0v) is 15.2. The van der Waals surface area contributed by atoms with Gasteiger partial charge in [-0.1, -0.05) is 30.3 Å². The Bertz CT molecular complexity index is 890. The molecular weight excluding hydrogens is 450 g/mol. The first kappa shape index (κ1) is 17.0. The fourth-order valence-electron chi connectivity index (χ4n) is 2.28. The molecule has 1 amide bonds. The lowest BCUT2D eigenvalue weighted by Gasteiger charge is -2.20. The van der Waals surface area contributed by atoms with Gasteiger partial charge >= 0.3 is 10.2 Å². The minimum atomic E-state index is -4.12. The first-order valence-corrected chi connectivity index (χ1v) is 9.38. The predicted octanol–water partition coefficient (Wildman–Crippen LogP) is 2.19. The lowest BCUT2D eigenvalue weighted by atomic mass is 10.2. The second-order valence-electron chi connectivity index (χ2n) is 5.05. The van der Waals surface area contributed by atoms with E-state index in [1.54, 1.807) is 0 Å². The largest absolute Gasteiger partial charge is 0.487 e. The molecule has 6 nitrogen and oxygen atoms in total. The fraction of sp³-hybridized carbons (Fsp3) is 0.133. The van der Waals surface area contributed by atoms with Crippen LogP contribution in [0.1, 0.15) is 5.56 Å². The Kier molecular flexibility index (Phi) is 4.63. The van der Waals surface area contributed by atoms with Crippen molar-refractivity contribution in [2.45, 2.75) is 6.61 Å². The molecule has 0 saturated carbocycles. The summed E-state index contributed by atoms with van der Waals surface area (Å²) in [6, 6.07) is 11.9. The summed E-state index contributed by atoms with van der Waals surface area (Å²) in [6.07, 6.45) is 0. The molecule has 24 heavy (non-hydrogen) atoms. The SMILES string of the molecule is O=C1CN(c2c(F)cc(I)cc2OCc2ccccc2)S(=O)(=O)N1. The van der Waals surface area contributed by atoms with Crippen LogP contribution in [-0.2, 0) is 21.6 Å². The van der Waals surface area contributed by atoms with E-state index < -0.39 is 28.5 Å². The molecule has 3 rings (SSSR count). The minimum absolute atomic E-state index is 0.0586. The van der Waals surface area contributed by atoms with Gasteiger partial charge in [0.2, 0.25) is 0 Å². The summed E-state index contributed by atoms with van der Waals surface area (Å²) in [4.78, 5) is 11.4. The number of hydrogen-bond acceptors (Lipinski definition) is 4. The number of rotatable bonds is 4. The molecule has 0 bridgehead atoms. The highest BCUT2D eigenvalue weighted by molar-refractivity contribution is 14.1. The van der Waals surface area contributed by atoms with Gasteiger partial charge in [0.25, 0.3) is 5.91 Å². The highest BCUT2D eigenvalue weighted by Gasteiger charge is 2.37. The van der Waals surface area contributed by atoms with Crippen molar-refractivity contribution in [3.05, 3.63) is 57.4 Å². The van der Waals surface area contributed by atoms with Crippen molar-refractivity contribution in [2.24, 2.45) is 0 Å². The Morgan fingerprint density at radius 1 is 1.25 bits per heavy atom. The zero-order valence-electron chi connectivity index (χ0n) is 12.2. The highest BCUT2D eigenvalue weighted by atomic mass is 127. The molecule has 0 aliphatic carbocycles. The molecule has 1 fully saturated rings. The van der Waals surface area contributed by atoms with Gasteiger partial charge in [-0.3, -0.25) is 4.79 Å². The third kappa shape index (κ3) is 3.46. The number of ether oxygens (including phenoxy) is 1. The standard InChI is InChI=1S/C15H12FIN2O4S/c16-12-6-11(17)7-13(23-9-10-4-2-1-3-5-10)15(12)19-8-14(20)18-24(19,21)22/h1-7H,8-9H2,(H,18,20). The van der Waals surface area contributed by atoms with Crippen molar-refractivity contribution in [1.82, 2.24) is 4.72 Å². The normalized spacial score (nSPS) is 16.1. The molecule has 2 aromatic rings. The van der Waals surface area contributed by atoms with E-state index in [1.807, 2.05) is 57.6 Å². The fourth-order valence-corrected chi connectivity index (χ4v) is 4.00. The van der Waals surface area contributed by atoms with Gasteiger partial charge in [-0.25, -0.2) is 13.4 Å². The molecule has 9 heteroatoms. The Balaban J connectivity index is 1.98. The van der Waals surface area contributed by atoms with Crippen LogP contribution < -0.4 is 13.8 Å². The highest BCUT2D eigenvalue weighted by Crippen LogP contribution is 2.36. The lowest BCUT2D eigenvalue weighted by Crippen LogP contribution is -2.30. The van der Waals surface area contributed by atoms with E-state index in [0.29, 0.717) is 7.88 Å². The number of nitrogens with one attached hydrogen (secondary N) is 1. The van der Waals surface area contributed by atoms with Crippen LogP contribution in [0, 0.1) is 9.39 Å². The van der Waals surface area contributed by atoms with Crippen molar-refractivity contribution < 1.29 is 22.3 Å². The van der Waals surface area contributed by atoms with Crippen molar-refractivity contribution in [3.8, 4) is 5.75 Å². The van der Waals surface area contributed by atoms with Gasteiger partial charge in [0.1, 0.15) is 24.6 Å². The average Bonchev–Trinajstić information content (AvgIpc) is 2.78. The van der Waals surface area contributed by atoms with Crippen molar-refractivity contribution >= 4 is 44.4 Å². The van der Waals surface area contributed by atoms with E-state index in [9.17, 15) is 17.6 Å². The van der Waals surface area contributed by atoms with Crippen LogP contribution in [0.25, 0.3) is 0 Å². The number of carbonyl (C=O) groups is 1. The Morgan fingerprint density at radius 2 is 1.96 bits per heavy atom. The number of nitrogens with zero attached hydrogens (tertiary/aromatic N) is 1. The Labute approximate surface area is 151 Å². The minimum Gasteiger partial charge on any atom is -0.487 e. The molecule has 1 N–H and O–H groups in total. The van der Waals surface area contributed by atoms with Gasteiger partial charge in [-0.05, 0) is 40.3 Å². The predicted molar refractivity (Wildman–Crippen MR) is 94.3 cm³/mol. The van der Waals surface area contributed by atoms with Crippen LogP contribution >= 0.6 is 22.6 Å². The second kappa shape index (κ2) is 6.55. The summed E-state index contributed by atoms with van der Waals surface area (Å²) in [5, 5.41) is 0. The number of amides is 1. The van der Waals surface area contributed by atoms with Crippen LogP contribution in [0.15, 0.2) is 42.5 Å². The van der Waals surface area contributed by atoms with E-state index in [2.05, 4.69) is 0 Å². The number of benzene rings is 2. The summed E-state index contributed by atoms with van der Waals surface area (Å²) in [7, 11) is -4.12. The molecular formula is C15H12FIN2O4S. The molecule has 1 aliphatic rings. The molecule has 0 unspecified atom stereocenters. The van der Waals surface area contributed by atoms with Gasteiger partial charge in [0.15, 0.2) is 5.82 Å². The average molecular weight is 462 g/mol. The Hall–Kier alpha value is -1.88. The zero-order chi connectivity index (χ0) is 17.3. The number of carbonyl (C=O) groups excluding carboxylic acids is 1. The third-order valence-corrected chi connectivity index (χ3v) is 5.30. The van der Waals surface area contributed by atoms with E-state index in [4.69, 9.17) is 4.74 Å². The number of hydrogen-bond donors (Lipinski definition) is 1. The van der Waals surface area contributed by atoms with Crippen LogP contribution in [0.2, 0.25) is 0 Å². The van der Waals surface area contributed by atoms with Crippen LogP contribution in [-0.4, -0.2) is 20.9 Å². The maximum absolute atomic E-state index is 14.4. The molecule has 2 aromatic carbocycles. The Morgan fingerprint density at radius 3 is 2.58 bits per heavy atom. The molecule has 126 valence electrons. The van der Waals surface area contributed by atoms with E-state index in [0.717, 1.165) is 5.56 Å². The molecule has 0 radical (unpaired) electrons. The number of halogens is 2. The second-order valence-corrected chi connectivity index (χ2v) is 7.89. The molecule has 0 aromatic heterocycles. The topological polar surface area (TPSA) is 75.7 Å². The summed E-state index contributed by atoms with van der Waals surface area (Å²) in [6.45, 7) is -0.343. The molecule has 1 aliphatic heterocycles. The summed E-state index contributed by atoms with van der Waals surface area (Å²) < 4.78 is 47.1. The quantitative estimate of drug-likeness (QED) is 0.708. The van der Waals surface area contributed by atoms with Crippen LogP contribution in [0.5, 0.6) is 5.75 Å². The summed E-state index contributed by atoms with van der Waals surface area (Å²) >= 11 is 1.91. The van der Waals surface area contributed by atoms with Gasteiger partial charge in [0, 0.05) is 3.57 Å². The smallest absolute Gasteiger partial charge is 0.326 e. The monoisotopic (exact) mass is 462 g/mol. The summed E-state index contributed by atoms with van der Waals surface area (Å²) in [5.41, 5.74) is 0.575. The molecule has 0 spiro atoms. The van der Waals surface area contributed by atoms with E-state index in [-0.39, 0.29) is 18.0 Å². The van der Waals surface area contributed by atoms with E-state index >= 15 is 0 Å². The van der Waals surface area contributed by atoms with Crippen LogP contribution in [0.4, 0.5) is 10.1 Å². The maximum Gasteiger partial charge on any atom is 0.326 e. The summed E-state index contributed by atoms with van der Waals surface area (Å²) in [5.74, 6) is -1.43. The maximum atomic E-state index is 14.4. The third-order valence-electron chi connectivity index (χ3n) is 3.30. The number of anilines is 1. The van der Waals surface area contributed by atoms with Gasteiger partial charge < -0.3 is 4.74 Å². The lowest BCUT2D eigenvalue weighted by molar-refractivity contribution is -0.117. The van der Waals surface area contributed by atoms with Gasteiger partial charge in [0.05, 0.1) is 0 Å². The first-order chi connectivity index (χ1) is 11.4. The van der Waals surface area contributed by atoms with Crippen molar-refractivity contribution in [3.63, 3.8) is 0 Å².